The number of amides is 1. The smallest absolute Gasteiger partial charge is 0.221 e. The van der Waals surface area contributed by atoms with E-state index >= 15 is 0 Å². The Balaban J connectivity index is 2.62. The van der Waals surface area contributed by atoms with Crippen molar-refractivity contribution in [2.24, 2.45) is 0 Å². The van der Waals surface area contributed by atoms with Crippen LogP contribution in [0.4, 0.5) is 5.69 Å². The van der Waals surface area contributed by atoms with E-state index in [1.165, 1.54) is 12.5 Å². The Morgan fingerprint density at radius 2 is 2.11 bits per heavy atom. The molecule has 0 aromatic heterocycles. The molecule has 0 spiro atoms. The van der Waals surface area contributed by atoms with Crippen molar-refractivity contribution in [2.45, 2.75) is 32.1 Å². The van der Waals surface area contributed by atoms with Gasteiger partial charge in [-0.3, -0.25) is 4.79 Å². The number of carbonyl (C=O) groups is 1. The van der Waals surface area contributed by atoms with Gasteiger partial charge in [-0.05, 0) is 30.9 Å². The molecule has 1 aromatic rings. The number of thioether (sulfide) groups is 1. The van der Waals surface area contributed by atoms with Crippen LogP contribution in [0.3, 0.4) is 0 Å². The Labute approximate surface area is 114 Å². The fraction of sp³-hybridized carbons (Fsp3) is 0.500. The van der Waals surface area contributed by atoms with Crippen molar-refractivity contribution in [3.63, 3.8) is 0 Å². The molecule has 0 aliphatic heterocycles. The number of hydrogen-bond acceptors (Lipinski definition) is 3. The van der Waals surface area contributed by atoms with Gasteiger partial charge in [-0.1, -0.05) is 19.1 Å². The molecule has 1 amide bonds. The summed E-state index contributed by atoms with van der Waals surface area (Å²) in [5.41, 5.74) is 2.04. The first-order valence-corrected chi connectivity index (χ1v) is 7.45. The second-order valence-corrected chi connectivity index (χ2v) is 5.76. The highest BCUT2D eigenvalue weighted by Gasteiger charge is 2.07. The summed E-state index contributed by atoms with van der Waals surface area (Å²) in [5, 5.41) is 6.90. The van der Waals surface area contributed by atoms with E-state index in [0.717, 1.165) is 12.2 Å². The number of hydrogen-bond donors (Lipinski definition) is 2. The lowest BCUT2D eigenvalue weighted by molar-refractivity contribution is -0.114. The third-order valence-electron chi connectivity index (χ3n) is 2.82. The topological polar surface area (TPSA) is 41.1 Å². The molecule has 3 nitrogen and oxygen atoms in total. The Bertz CT molecular complexity index is 395. The predicted molar refractivity (Wildman–Crippen MR) is 80.1 cm³/mol. The Kier molecular flexibility index (Phi) is 6.22. The minimum absolute atomic E-state index is 0.0382. The molecule has 2 N–H and O–H groups in total. The third kappa shape index (κ3) is 5.10. The van der Waals surface area contributed by atoms with E-state index < -0.39 is 0 Å². The van der Waals surface area contributed by atoms with E-state index in [2.05, 4.69) is 36.8 Å². The summed E-state index contributed by atoms with van der Waals surface area (Å²) in [4.78, 5) is 11.0. The van der Waals surface area contributed by atoms with Gasteiger partial charge in [-0.25, -0.2) is 0 Å². The van der Waals surface area contributed by atoms with Crippen LogP contribution in [0, 0.1) is 0 Å². The number of nitrogens with one attached hydrogen (secondary N) is 2. The molecule has 1 rings (SSSR count). The van der Waals surface area contributed by atoms with Gasteiger partial charge < -0.3 is 10.6 Å². The summed E-state index contributed by atoms with van der Waals surface area (Å²) >= 11 is 1.85. The highest BCUT2D eigenvalue weighted by Crippen LogP contribution is 2.18. The van der Waals surface area contributed by atoms with Crippen LogP contribution < -0.4 is 10.6 Å². The maximum absolute atomic E-state index is 11.0. The molecule has 0 bridgehead atoms. The molecule has 0 aliphatic rings. The quantitative estimate of drug-likeness (QED) is 0.831. The van der Waals surface area contributed by atoms with E-state index in [4.69, 9.17) is 0 Å². The monoisotopic (exact) mass is 266 g/mol. The largest absolute Gasteiger partial charge is 0.326 e. The third-order valence-corrected chi connectivity index (χ3v) is 3.79. The Morgan fingerprint density at radius 1 is 1.39 bits per heavy atom. The predicted octanol–water partition coefficient (Wildman–Crippen LogP) is 3.05. The highest BCUT2D eigenvalue weighted by atomic mass is 32.2. The maximum Gasteiger partial charge on any atom is 0.221 e. The Morgan fingerprint density at radius 3 is 2.72 bits per heavy atom. The maximum atomic E-state index is 11.0. The van der Waals surface area contributed by atoms with Gasteiger partial charge in [0.05, 0.1) is 0 Å². The highest BCUT2D eigenvalue weighted by molar-refractivity contribution is 7.99. The van der Waals surface area contributed by atoms with Crippen molar-refractivity contribution in [1.29, 1.82) is 0 Å². The molecule has 0 heterocycles. The minimum atomic E-state index is -0.0382. The van der Waals surface area contributed by atoms with Crippen LogP contribution in [0.15, 0.2) is 24.3 Å². The summed E-state index contributed by atoms with van der Waals surface area (Å²) in [6.45, 7) is 6.85. The zero-order valence-electron chi connectivity index (χ0n) is 11.5. The molecule has 0 fully saturated rings. The van der Waals surface area contributed by atoms with Crippen molar-refractivity contribution in [3.8, 4) is 0 Å². The lowest BCUT2D eigenvalue weighted by atomic mass is 10.1. The molecule has 0 unspecified atom stereocenters. The number of benzene rings is 1. The molecule has 100 valence electrons. The second kappa shape index (κ2) is 7.44. The van der Waals surface area contributed by atoms with Gasteiger partial charge in [0.25, 0.3) is 0 Å². The minimum Gasteiger partial charge on any atom is -0.326 e. The van der Waals surface area contributed by atoms with E-state index in [1.807, 2.05) is 30.0 Å². The second-order valence-electron chi connectivity index (χ2n) is 4.48. The number of rotatable bonds is 6. The van der Waals surface area contributed by atoms with Gasteiger partial charge in [0.1, 0.15) is 0 Å². The lowest BCUT2D eigenvalue weighted by Crippen LogP contribution is -2.25. The lowest BCUT2D eigenvalue weighted by Gasteiger charge is -2.17. The first-order chi connectivity index (χ1) is 8.52. The summed E-state index contributed by atoms with van der Waals surface area (Å²) < 4.78 is 0. The van der Waals surface area contributed by atoms with Crippen LogP contribution in [0.25, 0.3) is 0 Å². The van der Waals surface area contributed by atoms with Crippen molar-refractivity contribution >= 4 is 23.4 Å². The standard InChI is InChI=1S/C14H22N2OS/c1-10(18-4)9-15-11(2)13-6-5-7-14(8-13)16-12(3)17/h5-8,10-11,15H,9H2,1-4H3,(H,16,17)/t10-,11-/m1/s1. The molecule has 2 atom stereocenters. The van der Waals surface area contributed by atoms with Crippen LogP contribution in [0.5, 0.6) is 0 Å². The summed E-state index contributed by atoms with van der Waals surface area (Å²) in [6.07, 6.45) is 2.12. The number of carbonyl (C=O) groups excluding carboxylic acids is 1. The van der Waals surface area contributed by atoms with Crippen molar-refractivity contribution in [1.82, 2.24) is 5.32 Å². The number of anilines is 1. The van der Waals surface area contributed by atoms with Crippen LogP contribution in [0.1, 0.15) is 32.4 Å². The van der Waals surface area contributed by atoms with Crippen LogP contribution >= 0.6 is 11.8 Å². The summed E-state index contributed by atoms with van der Waals surface area (Å²) in [7, 11) is 0. The zero-order chi connectivity index (χ0) is 13.5. The zero-order valence-corrected chi connectivity index (χ0v) is 12.3. The van der Waals surface area contributed by atoms with Gasteiger partial charge >= 0.3 is 0 Å². The van der Waals surface area contributed by atoms with E-state index in [-0.39, 0.29) is 11.9 Å². The van der Waals surface area contributed by atoms with Gasteiger partial charge in [-0.15, -0.1) is 0 Å². The molecular formula is C14H22N2OS. The Hall–Kier alpha value is -1.00. The summed E-state index contributed by atoms with van der Waals surface area (Å²) in [6, 6.07) is 8.25. The van der Waals surface area contributed by atoms with Crippen molar-refractivity contribution in [3.05, 3.63) is 29.8 Å². The first-order valence-electron chi connectivity index (χ1n) is 6.16. The first kappa shape index (κ1) is 15.1. The van der Waals surface area contributed by atoms with Crippen molar-refractivity contribution < 1.29 is 4.79 Å². The SMILES string of the molecule is CS[C@H](C)CN[C@H](C)c1cccc(NC(C)=O)c1. The molecule has 18 heavy (non-hydrogen) atoms. The fourth-order valence-electron chi connectivity index (χ4n) is 1.63. The average molecular weight is 266 g/mol. The molecular weight excluding hydrogens is 244 g/mol. The van der Waals surface area contributed by atoms with Crippen LogP contribution in [-0.4, -0.2) is 24.0 Å². The molecule has 1 aromatic carbocycles. The van der Waals surface area contributed by atoms with Gasteiger partial charge in [0.2, 0.25) is 5.91 Å². The molecule has 0 radical (unpaired) electrons. The molecule has 0 saturated heterocycles. The fourth-order valence-corrected chi connectivity index (χ4v) is 1.90. The van der Waals surface area contributed by atoms with Crippen molar-refractivity contribution in [2.75, 3.05) is 18.1 Å². The summed E-state index contributed by atoms with van der Waals surface area (Å²) in [5.74, 6) is -0.0382. The van der Waals surface area contributed by atoms with Crippen LogP contribution in [0.2, 0.25) is 0 Å². The van der Waals surface area contributed by atoms with E-state index in [9.17, 15) is 4.79 Å². The average Bonchev–Trinajstić information content (AvgIpc) is 2.35. The van der Waals surface area contributed by atoms with Gasteiger partial charge in [0.15, 0.2) is 0 Å². The van der Waals surface area contributed by atoms with E-state index in [0.29, 0.717) is 5.25 Å². The van der Waals surface area contributed by atoms with Gasteiger partial charge in [-0.2, -0.15) is 11.8 Å². The molecule has 0 aliphatic carbocycles. The van der Waals surface area contributed by atoms with Gasteiger partial charge in [0, 0.05) is 30.4 Å². The van der Waals surface area contributed by atoms with E-state index in [1.54, 1.807) is 0 Å². The van der Waals surface area contributed by atoms with Crippen LogP contribution in [-0.2, 0) is 4.79 Å². The molecule has 4 heteroatoms. The normalized spacial score (nSPS) is 14.0. The molecule has 0 saturated carbocycles.